The van der Waals surface area contributed by atoms with E-state index in [1.165, 1.54) is 20.2 Å². The molecule has 196 valence electrons. The molecule has 0 unspecified atom stereocenters. The van der Waals surface area contributed by atoms with E-state index in [4.69, 9.17) is 24.5 Å². The SMILES string of the molecule is CC(C)OC(=O)CO[P@](=O)(CO[C@H](C)Cn1cnc2c(N)ncnc21)NC(C)(C)C(=O)OC(C)C. The fourth-order valence-corrected chi connectivity index (χ4v) is 4.89. The number of nitrogens with zero attached hydrogens (tertiary/aromatic N) is 4. The summed E-state index contributed by atoms with van der Waals surface area (Å²) in [6.07, 6.45) is 1.25. The first-order chi connectivity index (χ1) is 16.2. The summed E-state index contributed by atoms with van der Waals surface area (Å²) in [4.78, 5) is 36.8. The summed E-state index contributed by atoms with van der Waals surface area (Å²) in [5, 5.41) is 2.70. The number of ether oxygens (including phenoxy) is 3. The first kappa shape index (κ1) is 28.6. The highest BCUT2D eigenvalue weighted by molar-refractivity contribution is 7.56. The van der Waals surface area contributed by atoms with E-state index in [-0.39, 0.29) is 18.0 Å². The van der Waals surface area contributed by atoms with Gasteiger partial charge in [0.25, 0.3) is 7.52 Å². The molecule has 0 saturated carbocycles. The molecule has 2 heterocycles. The number of rotatable bonds is 13. The minimum absolute atomic E-state index is 0.258. The molecule has 14 heteroatoms. The molecule has 0 bridgehead atoms. The summed E-state index contributed by atoms with van der Waals surface area (Å²) < 4.78 is 36.9. The molecule has 0 radical (unpaired) electrons. The van der Waals surface area contributed by atoms with Gasteiger partial charge in [-0.2, -0.15) is 0 Å². The van der Waals surface area contributed by atoms with Crippen LogP contribution in [0.15, 0.2) is 12.7 Å². The van der Waals surface area contributed by atoms with E-state index < -0.39 is 44.1 Å². The number of carbonyl (C=O) groups is 2. The van der Waals surface area contributed by atoms with E-state index in [1.807, 2.05) is 0 Å². The van der Waals surface area contributed by atoms with Crippen molar-refractivity contribution >= 4 is 36.4 Å². The van der Waals surface area contributed by atoms with E-state index in [2.05, 4.69) is 20.0 Å². The molecule has 0 spiro atoms. The maximum Gasteiger partial charge on any atom is 0.332 e. The standard InChI is InChI=1S/C21H35N6O7P/c1-13(2)33-16(28)9-32-35(30,26-21(6,7)20(29)34-14(3)4)12-31-15(5)8-27-11-25-17-18(22)23-10-24-19(17)27/h10-11,13-15H,8-9,12H2,1-7H3,(H,26,30)(H2,22,23,24)/t15-,35-/m1/s1. The minimum Gasteiger partial charge on any atom is -0.462 e. The summed E-state index contributed by atoms with van der Waals surface area (Å²) in [6.45, 7) is 11.3. The zero-order valence-corrected chi connectivity index (χ0v) is 22.1. The van der Waals surface area contributed by atoms with Crippen molar-refractivity contribution in [3.05, 3.63) is 12.7 Å². The topological polar surface area (TPSA) is 170 Å². The number of carbonyl (C=O) groups excluding carboxylic acids is 2. The normalized spacial score (nSPS) is 14.8. The summed E-state index contributed by atoms with van der Waals surface area (Å²) >= 11 is 0. The monoisotopic (exact) mass is 514 g/mol. The Bertz CT molecular complexity index is 1070. The van der Waals surface area contributed by atoms with Crippen molar-refractivity contribution in [3.63, 3.8) is 0 Å². The van der Waals surface area contributed by atoms with Crippen LogP contribution in [-0.4, -0.2) is 68.3 Å². The van der Waals surface area contributed by atoms with Crippen molar-refractivity contribution < 1.29 is 32.9 Å². The molecular formula is C21H35N6O7P. The van der Waals surface area contributed by atoms with Gasteiger partial charge in [-0.05, 0) is 48.5 Å². The molecule has 3 N–H and O–H groups in total. The molecule has 2 rings (SSSR count). The van der Waals surface area contributed by atoms with Gasteiger partial charge in [-0.1, -0.05) is 0 Å². The van der Waals surface area contributed by atoms with Gasteiger partial charge in [0.1, 0.15) is 23.7 Å². The molecule has 0 aromatic carbocycles. The first-order valence-electron chi connectivity index (χ1n) is 11.2. The highest BCUT2D eigenvalue weighted by atomic mass is 31.2. The molecule has 0 aliphatic carbocycles. The highest BCUT2D eigenvalue weighted by Gasteiger charge is 2.39. The summed E-state index contributed by atoms with van der Waals surface area (Å²) in [5.74, 6) is -1.07. The number of hydrogen-bond donors (Lipinski definition) is 2. The molecule has 0 aliphatic rings. The quantitative estimate of drug-likeness (QED) is 0.296. The van der Waals surface area contributed by atoms with Crippen LogP contribution in [0.4, 0.5) is 5.82 Å². The Morgan fingerprint density at radius 1 is 1.11 bits per heavy atom. The van der Waals surface area contributed by atoms with E-state index in [1.54, 1.807) is 45.5 Å². The number of esters is 2. The van der Waals surface area contributed by atoms with Crippen LogP contribution in [0.2, 0.25) is 0 Å². The number of nitrogen functional groups attached to an aromatic ring is 1. The lowest BCUT2D eigenvalue weighted by molar-refractivity contribution is -0.153. The average Bonchev–Trinajstić information content (AvgIpc) is 3.14. The lowest BCUT2D eigenvalue weighted by Crippen LogP contribution is -2.47. The van der Waals surface area contributed by atoms with Gasteiger partial charge in [-0.3, -0.25) is 9.36 Å². The molecule has 0 aliphatic heterocycles. The molecule has 2 atom stereocenters. The third kappa shape index (κ3) is 8.53. The van der Waals surface area contributed by atoms with Crippen LogP contribution < -0.4 is 10.8 Å². The number of anilines is 1. The number of hydrogen-bond acceptors (Lipinski definition) is 11. The van der Waals surface area contributed by atoms with Crippen LogP contribution in [-0.2, 0) is 39.4 Å². The van der Waals surface area contributed by atoms with Crippen molar-refractivity contribution in [1.29, 1.82) is 0 Å². The molecule has 0 saturated heterocycles. The molecule has 13 nitrogen and oxygen atoms in total. The van der Waals surface area contributed by atoms with Crippen LogP contribution in [0, 0.1) is 0 Å². The Hall–Kier alpha value is -2.60. The largest absolute Gasteiger partial charge is 0.462 e. The first-order valence-corrected chi connectivity index (χ1v) is 13.0. The third-order valence-electron chi connectivity index (χ3n) is 4.47. The maximum atomic E-state index is 13.6. The van der Waals surface area contributed by atoms with Gasteiger partial charge in [-0.25, -0.2) is 24.8 Å². The van der Waals surface area contributed by atoms with Gasteiger partial charge < -0.3 is 29.0 Å². The number of aromatic nitrogens is 4. The van der Waals surface area contributed by atoms with Crippen molar-refractivity contribution in [2.45, 2.75) is 78.9 Å². The molecule has 35 heavy (non-hydrogen) atoms. The van der Waals surface area contributed by atoms with Gasteiger partial charge in [0.05, 0.1) is 31.2 Å². The smallest absolute Gasteiger partial charge is 0.332 e. The van der Waals surface area contributed by atoms with Crippen molar-refractivity contribution in [1.82, 2.24) is 24.6 Å². The minimum atomic E-state index is -3.88. The van der Waals surface area contributed by atoms with E-state index in [0.29, 0.717) is 17.7 Å². The number of nitrogens with one attached hydrogen (secondary N) is 1. The van der Waals surface area contributed by atoms with Gasteiger partial charge in [-0.15, -0.1) is 0 Å². The number of imidazole rings is 1. The second kappa shape index (κ2) is 11.9. The van der Waals surface area contributed by atoms with Gasteiger partial charge >= 0.3 is 11.9 Å². The summed E-state index contributed by atoms with van der Waals surface area (Å²) in [6, 6.07) is 0. The van der Waals surface area contributed by atoms with E-state index in [0.717, 1.165) is 0 Å². The molecule has 2 aromatic rings. The number of nitrogens with two attached hydrogens (primary N) is 1. The molecule has 0 fully saturated rings. The predicted molar refractivity (Wildman–Crippen MR) is 128 cm³/mol. The van der Waals surface area contributed by atoms with Crippen LogP contribution in [0.25, 0.3) is 11.2 Å². The van der Waals surface area contributed by atoms with Crippen LogP contribution >= 0.6 is 7.52 Å². The second-order valence-corrected chi connectivity index (χ2v) is 11.2. The Labute approximate surface area is 204 Å². The predicted octanol–water partition coefficient (Wildman–Crippen LogP) is 2.25. The van der Waals surface area contributed by atoms with Gasteiger partial charge in [0.2, 0.25) is 0 Å². The Morgan fingerprint density at radius 2 is 1.77 bits per heavy atom. The van der Waals surface area contributed by atoms with Gasteiger partial charge in [0.15, 0.2) is 18.1 Å². The molecular weight excluding hydrogens is 479 g/mol. The lowest BCUT2D eigenvalue weighted by atomic mass is 10.1. The van der Waals surface area contributed by atoms with Gasteiger partial charge in [0, 0.05) is 0 Å². The van der Waals surface area contributed by atoms with Crippen LogP contribution in [0.1, 0.15) is 48.5 Å². The van der Waals surface area contributed by atoms with Crippen LogP contribution in [0.5, 0.6) is 0 Å². The summed E-state index contributed by atoms with van der Waals surface area (Å²) in [7, 11) is -3.88. The van der Waals surface area contributed by atoms with Crippen molar-refractivity contribution in [2.24, 2.45) is 0 Å². The molecule has 2 aromatic heterocycles. The summed E-state index contributed by atoms with van der Waals surface area (Å²) in [5.41, 5.74) is 5.43. The number of fused-ring (bicyclic) bond motifs is 1. The fourth-order valence-electron chi connectivity index (χ4n) is 2.98. The van der Waals surface area contributed by atoms with E-state index >= 15 is 0 Å². The third-order valence-corrected chi connectivity index (χ3v) is 6.41. The highest BCUT2D eigenvalue weighted by Crippen LogP contribution is 2.45. The molecule has 0 amide bonds. The second-order valence-electron chi connectivity index (χ2n) is 9.11. The zero-order chi connectivity index (χ0) is 26.4. The van der Waals surface area contributed by atoms with Crippen molar-refractivity contribution in [2.75, 3.05) is 18.7 Å². The van der Waals surface area contributed by atoms with Crippen molar-refractivity contribution in [3.8, 4) is 0 Å². The maximum absolute atomic E-state index is 13.6. The lowest BCUT2D eigenvalue weighted by Gasteiger charge is -2.30. The fraction of sp³-hybridized carbons (Fsp3) is 0.667. The average molecular weight is 515 g/mol. The Balaban J connectivity index is 2.12. The Kier molecular flexibility index (Phi) is 9.73. The van der Waals surface area contributed by atoms with E-state index in [9.17, 15) is 14.2 Å². The van der Waals surface area contributed by atoms with Crippen LogP contribution in [0.3, 0.4) is 0 Å². The Morgan fingerprint density at radius 3 is 2.40 bits per heavy atom. The zero-order valence-electron chi connectivity index (χ0n) is 21.2.